The van der Waals surface area contributed by atoms with Gasteiger partial charge < -0.3 is 0 Å². The van der Waals surface area contributed by atoms with Crippen LogP contribution in [-0.2, 0) is 6.54 Å². The van der Waals surface area contributed by atoms with Crippen molar-refractivity contribution in [2.45, 2.75) is 33.7 Å². The van der Waals surface area contributed by atoms with Crippen LogP contribution >= 0.6 is 15.9 Å². The molecule has 4 heteroatoms. The van der Waals surface area contributed by atoms with Crippen molar-refractivity contribution in [1.29, 1.82) is 0 Å². The van der Waals surface area contributed by atoms with E-state index in [0.717, 1.165) is 34.1 Å². The van der Waals surface area contributed by atoms with Gasteiger partial charge in [0.1, 0.15) is 5.69 Å². The first-order chi connectivity index (χ1) is 9.06. The third-order valence-corrected chi connectivity index (χ3v) is 3.87. The average Bonchev–Trinajstić information content (AvgIpc) is 2.74. The monoisotopic (exact) mass is 320 g/mol. The van der Waals surface area contributed by atoms with E-state index in [1.54, 1.807) is 10.9 Å². The van der Waals surface area contributed by atoms with Gasteiger partial charge in [0.05, 0.1) is 10.7 Å². The number of nitrogens with zero attached hydrogens (tertiary/aromatic N) is 2. The number of carbonyl (C=O) groups is 1. The lowest BCUT2D eigenvalue weighted by atomic mass is 9.98. The Bertz CT molecular complexity index is 617. The summed E-state index contributed by atoms with van der Waals surface area (Å²) in [6, 6.07) is 5.81. The van der Waals surface area contributed by atoms with Crippen LogP contribution in [0.25, 0.3) is 0 Å². The van der Waals surface area contributed by atoms with E-state index in [1.165, 1.54) is 0 Å². The van der Waals surface area contributed by atoms with Crippen LogP contribution in [0.5, 0.6) is 0 Å². The van der Waals surface area contributed by atoms with Crippen LogP contribution in [0.3, 0.4) is 0 Å². The Labute approximate surface area is 121 Å². The van der Waals surface area contributed by atoms with Gasteiger partial charge in [-0.15, -0.1) is 0 Å². The quantitative estimate of drug-likeness (QED) is 0.801. The van der Waals surface area contributed by atoms with Crippen LogP contribution in [0.4, 0.5) is 0 Å². The molecule has 1 aromatic carbocycles. The van der Waals surface area contributed by atoms with Crippen molar-refractivity contribution in [2.75, 3.05) is 0 Å². The minimum atomic E-state index is 0.0269. The molecule has 0 N–H and O–H groups in total. The number of aryl methyl sites for hydroxylation is 2. The molecule has 3 nitrogen and oxygen atoms in total. The van der Waals surface area contributed by atoms with Crippen molar-refractivity contribution >= 4 is 21.7 Å². The largest absolute Gasteiger partial charge is 0.287 e. The highest BCUT2D eigenvalue weighted by molar-refractivity contribution is 9.10. The number of ketones is 1. The van der Waals surface area contributed by atoms with Crippen molar-refractivity contribution in [3.63, 3.8) is 0 Å². The van der Waals surface area contributed by atoms with E-state index in [0.29, 0.717) is 5.69 Å². The van der Waals surface area contributed by atoms with Crippen LogP contribution in [0.2, 0.25) is 0 Å². The van der Waals surface area contributed by atoms with Crippen LogP contribution in [0.15, 0.2) is 28.9 Å². The molecular formula is C15H17BrN2O. The highest BCUT2D eigenvalue weighted by Crippen LogP contribution is 2.23. The maximum Gasteiger partial charge on any atom is 0.212 e. The van der Waals surface area contributed by atoms with Crippen molar-refractivity contribution < 1.29 is 4.79 Å². The third kappa shape index (κ3) is 2.63. The Hall–Kier alpha value is -1.42. The van der Waals surface area contributed by atoms with E-state index in [1.807, 2.05) is 32.0 Å². The second kappa shape index (κ2) is 5.70. The van der Waals surface area contributed by atoms with Gasteiger partial charge in [-0.2, -0.15) is 5.10 Å². The second-order valence-electron chi connectivity index (χ2n) is 4.64. The number of hydrogen-bond acceptors (Lipinski definition) is 2. The smallest absolute Gasteiger partial charge is 0.212 e. The molecule has 0 bridgehead atoms. The van der Waals surface area contributed by atoms with E-state index in [2.05, 4.69) is 28.0 Å². The first-order valence-electron chi connectivity index (χ1n) is 6.38. The molecule has 0 saturated heterocycles. The average molecular weight is 321 g/mol. The van der Waals surface area contributed by atoms with Gasteiger partial charge in [0, 0.05) is 12.1 Å². The van der Waals surface area contributed by atoms with Gasteiger partial charge in [0.15, 0.2) is 0 Å². The molecule has 2 aromatic rings. The summed E-state index contributed by atoms with van der Waals surface area (Å²) in [5, 5.41) is 4.25. The number of aromatic nitrogens is 2. The van der Waals surface area contributed by atoms with E-state index in [4.69, 9.17) is 0 Å². The fourth-order valence-corrected chi connectivity index (χ4v) is 2.57. The lowest BCUT2D eigenvalue weighted by Gasteiger charge is -2.10. The molecule has 0 saturated carbocycles. The maximum atomic E-state index is 12.7. The van der Waals surface area contributed by atoms with Gasteiger partial charge in [-0.1, -0.05) is 25.1 Å². The molecular weight excluding hydrogens is 304 g/mol. The summed E-state index contributed by atoms with van der Waals surface area (Å²) in [7, 11) is 0. The maximum absolute atomic E-state index is 12.7. The molecule has 0 radical (unpaired) electrons. The molecule has 0 atom stereocenters. The Balaban J connectivity index is 2.50. The summed E-state index contributed by atoms with van der Waals surface area (Å²) < 4.78 is 2.53. The lowest BCUT2D eigenvalue weighted by Crippen LogP contribution is -2.13. The summed E-state index contributed by atoms with van der Waals surface area (Å²) in [6.07, 6.45) is 2.63. The summed E-state index contributed by atoms with van der Waals surface area (Å²) in [4.78, 5) is 12.7. The fraction of sp³-hybridized carbons (Fsp3) is 0.333. The van der Waals surface area contributed by atoms with Crippen molar-refractivity contribution in [1.82, 2.24) is 9.78 Å². The van der Waals surface area contributed by atoms with Gasteiger partial charge >= 0.3 is 0 Å². The highest BCUT2D eigenvalue weighted by Gasteiger charge is 2.20. The molecule has 100 valence electrons. The predicted molar refractivity (Wildman–Crippen MR) is 79.6 cm³/mol. The van der Waals surface area contributed by atoms with Gasteiger partial charge in [-0.05, 0) is 47.3 Å². The molecule has 19 heavy (non-hydrogen) atoms. The van der Waals surface area contributed by atoms with Gasteiger partial charge in [0.25, 0.3) is 0 Å². The Kier molecular flexibility index (Phi) is 4.20. The summed E-state index contributed by atoms with van der Waals surface area (Å²) in [5.74, 6) is 0.0269. The predicted octanol–water partition coefficient (Wildman–Crippen LogP) is 3.90. The van der Waals surface area contributed by atoms with E-state index < -0.39 is 0 Å². The van der Waals surface area contributed by atoms with Gasteiger partial charge in [0.2, 0.25) is 5.78 Å². The molecule has 1 aromatic heterocycles. The first-order valence-corrected chi connectivity index (χ1v) is 7.17. The second-order valence-corrected chi connectivity index (χ2v) is 5.50. The molecule has 0 unspecified atom stereocenters. The fourth-order valence-electron chi connectivity index (χ4n) is 2.09. The summed E-state index contributed by atoms with van der Waals surface area (Å²) in [6.45, 7) is 6.82. The number of halogens is 1. The Morgan fingerprint density at radius 1 is 1.37 bits per heavy atom. The van der Waals surface area contributed by atoms with E-state index in [9.17, 15) is 4.79 Å². The molecule has 0 spiro atoms. The van der Waals surface area contributed by atoms with Crippen LogP contribution in [0.1, 0.15) is 40.5 Å². The molecule has 2 rings (SSSR count). The minimum Gasteiger partial charge on any atom is -0.287 e. The molecule has 0 aliphatic heterocycles. The Morgan fingerprint density at radius 3 is 2.79 bits per heavy atom. The van der Waals surface area contributed by atoms with Crippen molar-refractivity contribution in [3.8, 4) is 0 Å². The van der Waals surface area contributed by atoms with Crippen LogP contribution < -0.4 is 0 Å². The zero-order valence-corrected chi connectivity index (χ0v) is 13.0. The van der Waals surface area contributed by atoms with Crippen LogP contribution in [-0.4, -0.2) is 15.6 Å². The normalized spacial score (nSPS) is 10.7. The standard InChI is InChI=1S/C15H17BrN2O/c1-4-8-18-14(13(16)9-17-18)15(19)12-7-5-6-10(2)11(12)3/h5-7,9H,4,8H2,1-3H3. The molecule has 1 heterocycles. The van der Waals surface area contributed by atoms with Crippen molar-refractivity contribution in [2.24, 2.45) is 0 Å². The van der Waals surface area contributed by atoms with Gasteiger partial charge in [-0.3, -0.25) is 9.48 Å². The first kappa shape index (κ1) is 14.0. The van der Waals surface area contributed by atoms with Gasteiger partial charge in [-0.25, -0.2) is 0 Å². The summed E-state index contributed by atoms with van der Waals surface area (Å²) >= 11 is 3.42. The number of benzene rings is 1. The zero-order chi connectivity index (χ0) is 14.0. The SMILES string of the molecule is CCCn1ncc(Br)c1C(=O)c1cccc(C)c1C. The Morgan fingerprint density at radius 2 is 2.11 bits per heavy atom. The topological polar surface area (TPSA) is 34.9 Å². The summed E-state index contributed by atoms with van der Waals surface area (Å²) in [5.41, 5.74) is 3.54. The van der Waals surface area contributed by atoms with E-state index >= 15 is 0 Å². The molecule has 0 aliphatic carbocycles. The van der Waals surface area contributed by atoms with Crippen LogP contribution in [0, 0.1) is 13.8 Å². The molecule has 0 fully saturated rings. The molecule has 0 amide bonds. The lowest BCUT2D eigenvalue weighted by molar-refractivity contribution is 0.102. The number of hydrogen-bond donors (Lipinski definition) is 0. The highest BCUT2D eigenvalue weighted by atomic mass is 79.9. The number of rotatable bonds is 4. The van der Waals surface area contributed by atoms with E-state index in [-0.39, 0.29) is 5.78 Å². The third-order valence-electron chi connectivity index (χ3n) is 3.29. The molecule has 0 aliphatic rings. The number of carbonyl (C=O) groups excluding carboxylic acids is 1. The minimum absolute atomic E-state index is 0.0269. The zero-order valence-electron chi connectivity index (χ0n) is 11.4. The van der Waals surface area contributed by atoms with Crippen molar-refractivity contribution in [3.05, 3.63) is 51.3 Å².